The van der Waals surface area contributed by atoms with Gasteiger partial charge in [-0.05, 0) is 59.7 Å². The van der Waals surface area contributed by atoms with E-state index in [1.165, 1.54) is 54.4 Å². The quantitative estimate of drug-likeness (QED) is 0.254. The second-order valence-corrected chi connectivity index (χ2v) is 18.9. The number of hydrogen-bond donors (Lipinski definition) is 0. The molecule has 0 N–H and O–H groups in total. The van der Waals surface area contributed by atoms with Crippen molar-refractivity contribution in [3.8, 4) is 0 Å². The molecule has 0 aromatic rings. The van der Waals surface area contributed by atoms with Crippen LogP contribution >= 0.6 is 0 Å². The van der Waals surface area contributed by atoms with Gasteiger partial charge < -0.3 is 0 Å². The highest BCUT2D eigenvalue weighted by molar-refractivity contribution is 4.84. The Labute approximate surface area is 245 Å². The number of rotatable bonds is 0. The van der Waals surface area contributed by atoms with Crippen molar-refractivity contribution in [1.82, 2.24) is 0 Å². The first-order chi connectivity index (χ1) is 16.1. The largest absolute Gasteiger partial charge is 0.250 e. The summed E-state index contributed by atoms with van der Waals surface area (Å²) >= 11 is 0. The van der Waals surface area contributed by atoms with E-state index in [9.17, 15) is 17.6 Å². The molecule has 0 bridgehead atoms. The fraction of sp³-hybridized carbons (Fsp3) is 1.00. The second kappa shape index (κ2) is 14.8. The van der Waals surface area contributed by atoms with Crippen molar-refractivity contribution in [2.75, 3.05) is 0 Å². The lowest BCUT2D eigenvalue weighted by Crippen LogP contribution is -2.29. The molecule has 0 amide bonds. The van der Waals surface area contributed by atoms with E-state index in [0.29, 0.717) is 27.1 Å². The van der Waals surface area contributed by atoms with Gasteiger partial charge in [0.15, 0.2) is 0 Å². The molecule has 1 saturated carbocycles. The van der Waals surface area contributed by atoms with Crippen LogP contribution in [0.15, 0.2) is 0 Å². The van der Waals surface area contributed by atoms with E-state index in [1.54, 1.807) is 0 Å². The third-order valence-electron chi connectivity index (χ3n) is 8.94. The van der Waals surface area contributed by atoms with E-state index >= 15 is 0 Å². The Hall–Kier alpha value is -0.280. The molecule has 0 aliphatic heterocycles. The molecule has 0 radical (unpaired) electrons. The Morgan fingerprint density at radius 1 is 0.308 bits per heavy atom. The molecule has 1 aliphatic carbocycles. The molecule has 0 saturated heterocycles. The van der Waals surface area contributed by atoms with Gasteiger partial charge in [0.1, 0.15) is 0 Å². The fourth-order valence-corrected chi connectivity index (χ4v) is 0.949. The molecule has 0 unspecified atom stereocenters. The molecule has 39 heavy (non-hydrogen) atoms. The van der Waals surface area contributed by atoms with Crippen LogP contribution in [0.5, 0.6) is 0 Å². The third-order valence-corrected chi connectivity index (χ3v) is 8.94. The number of halogens is 4. The van der Waals surface area contributed by atoms with Gasteiger partial charge in [-0.15, -0.1) is 0 Å². The Kier molecular flexibility index (Phi) is 17.3. The van der Waals surface area contributed by atoms with Crippen molar-refractivity contribution in [3.05, 3.63) is 0 Å². The van der Waals surface area contributed by atoms with Gasteiger partial charge in [-0.25, -0.2) is 17.6 Å². The Bertz CT molecular complexity index is 479. The van der Waals surface area contributed by atoms with Crippen molar-refractivity contribution in [1.29, 1.82) is 0 Å². The summed E-state index contributed by atoms with van der Waals surface area (Å²) in [7, 11) is 0. The van der Waals surface area contributed by atoms with Gasteiger partial charge in [0.05, 0.1) is 0 Å². The van der Waals surface area contributed by atoms with E-state index in [0.717, 1.165) is 19.8 Å². The SMILES string of the molecule is CC(C)(C)C(C)(C)C.CC(C)(C)C(C)(C)C.CC(C)(C)C(C)(F)F.CC(C)(C)C(C)(F)F.CC(C)(C)C1CC1. The molecule has 0 aromatic carbocycles. The zero-order valence-electron chi connectivity index (χ0n) is 31.0. The van der Waals surface area contributed by atoms with Gasteiger partial charge in [0.2, 0.25) is 11.8 Å². The number of hydrogen-bond acceptors (Lipinski definition) is 0. The van der Waals surface area contributed by atoms with Gasteiger partial charge in [0.25, 0.3) is 0 Å². The lowest BCUT2D eigenvalue weighted by molar-refractivity contribution is -0.0788. The number of alkyl halides is 4. The molecule has 1 rings (SSSR count). The zero-order valence-corrected chi connectivity index (χ0v) is 31.0. The highest BCUT2D eigenvalue weighted by atomic mass is 19.3. The van der Waals surface area contributed by atoms with Crippen LogP contribution < -0.4 is 0 Å². The maximum Gasteiger partial charge on any atom is 0.250 e. The maximum absolute atomic E-state index is 12.2. The second-order valence-electron chi connectivity index (χ2n) is 18.9. The molecule has 0 nitrogen and oxygen atoms in total. The van der Waals surface area contributed by atoms with Crippen LogP contribution in [0.3, 0.4) is 0 Å². The molecular formula is C35H74F4. The van der Waals surface area contributed by atoms with E-state index in [2.05, 4.69) is 104 Å². The summed E-state index contributed by atoms with van der Waals surface area (Å²) in [4.78, 5) is 0. The molecule has 0 atom stereocenters. The molecule has 0 heterocycles. The first-order valence-corrected chi connectivity index (χ1v) is 14.9. The highest BCUT2D eigenvalue weighted by Gasteiger charge is 2.38. The Morgan fingerprint density at radius 3 is 0.436 bits per heavy atom. The summed E-state index contributed by atoms with van der Waals surface area (Å²) < 4.78 is 48.9. The summed E-state index contributed by atoms with van der Waals surface area (Å²) in [6.07, 6.45) is 2.95. The van der Waals surface area contributed by atoms with E-state index in [4.69, 9.17) is 0 Å². The average Bonchev–Trinajstić information content (AvgIpc) is 3.33. The van der Waals surface area contributed by atoms with Gasteiger partial charge in [-0.3, -0.25) is 0 Å². The fourth-order valence-electron chi connectivity index (χ4n) is 0.949. The molecule has 0 aromatic heterocycles. The minimum atomic E-state index is -2.56. The molecule has 1 fully saturated rings. The smallest absolute Gasteiger partial charge is 0.207 e. The van der Waals surface area contributed by atoms with Crippen LogP contribution in [-0.2, 0) is 0 Å². The zero-order chi connectivity index (χ0) is 33.5. The molecule has 4 heteroatoms. The minimum absolute atomic E-state index is 0.437. The average molecular weight is 571 g/mol. The first-order valence-electron chi connectivity index (χ1n) is 14.9. The van der Waals surface area contributed by atoms with Crippen LogP contribution in [-0.4, -0.2) is 11.8 Å². The van der Waals surface area contributed by atoms with Gasteiger partial charge in [-0.2, -0.15) is 0 Å². The molecule has 1 aliphatic rings. The van der Waals surface area contributed by atoms with Gasteiger partial charge in [0, 0.05) is 10.8 Å². The summed E-state index contributed by atoms with van der Waals surface area (Å²) in [6, 6.07) is 0. The van der Waals surface area contributed by atoms with Crippen molar-refractivity contribution in [3.63, 3.8) is 0 Å². The van der Waals surface area contributed by atoms with Crippen LogP contribution in [0.2, 0.25) is 0 Å². The lowest BCUT2D eigenvalue weighted by Gasteiger charge is -2.34. The van der Waals surface area contributed by atoms with E-state index in [1.807, 2.05) is 0 Å². The maximum atomic E-state index is 12.2. The minimum Gasteiger partial charge on any atom is -0.207 e. The Balaban J connectivity index is -0.000000196. The topological polar surface area (TPSA) is 0 Å². The van der Waals surface area contributed by atoms with E-state index in [-0.39, 0.29) is 0 Å². The molecule has 242 valence electrons. The summed E-state index contributed by atoms with van der Waals surface area (Å²) in [6.45, 7) is 45.2. The van der Waals surface area contributed by atoms with Gasteiger partial charge >= 0.3 is 0 Å². The van der Waals surface area contributed by atoms with Crippen molar-refractivity contribution >= 4 is 0 Å². The van der Waals surface area contributed by atoms with Crippen LogP contribution in [0.25, 0.3) is 0 Å². The van der Waals surface area contributed by atoms with Crippen LogP contribution in [0, 0.1) is 43.8 Å². The first kappa shape index (κ1) is 45.7. The van der Waals surface area contributed by atoms with Gasteiger partial charge in [-0.1, -0.05) is 145 Å². The summed E-state index contributed by atoms with van der Waals surface area (Å²) in [5.74, 6) is -4.08. The summed E-state index contributed by atoms with van der Waals surface area (Å²) in [5.41, 5.74) is 0.569. The third kappa shape index (κ3) is 24.1. The monoisotopic (exact) mass is 571 g/mol. The normalized spacial score (nSPS) is 15.8. The van der Waals surface area contributed by atoms with Crippen molar-refractivity contribution in [2.24, 2.45) is 43.8 Å². The van der Waals surface area contributed by atoms with Crippen LogP contribution in [0.4, 0.5) is 17.6 Å². The predicted molar refractivity (Wildman–Crippen MR) is 170 cm³/mol. The lowest BCUT2D eigenvalue weighted by atomic mass is 9.71. The predicted octanol–water partition coefficient (Wildman–Crippen LogP) is 14.0. The summed E-state index contributed by atoms with van der Waals surface area (Å²) in [5, 5.41) is 0. The molecular weight excluding hydrogens is 496 g/mol. The van der Waals surface area contributed by atoms with Crippen molar-refractivity contribution < 1.29 is 17.6 Å². The molecule has 0 spiro atoms. The van der Waals surface area contributed by atoms with Crippen molar-refractivity contribution in [2.45, 2.75) is 184 Å². The highest BCUT2D eigenvalue weighted by Crippen LogP contribution is 2.44. The van der Waals surface area contributed by atoms with Crippen LogP contribution in [0.1, 0.15) is 172 Å². The Morgan fingerprint density at radius 2 is 0.436 bits per heavy atom. The standard InChI is InChI=1S/2C8H18.C7H14.2C6H12F2/c2*1-7(2,3)8(4,5)6;1-7(2,3)6-4-5-6;2*1-5(2,3)6(4,7)8/h2*1-6H3;6H,4-5H2,1-3H3;2*1-4H3. The van der Waals surface area contributed by atoms with E-state index < -0.39 is 22.7 Å².